The Morgan fingerprint density at radius 2 is 2.06 bits per heavy atom. The second kappa shape index (κ2) is 4.48. The Labute approximate surface area is 100 Å². The van der Waals surface area contributed by atoms with Crippen LogP contribution in [0.3, 0.4) is 0 Å². The van der Waals surface area contributed by atoms with Crippen molar-refractivity contribution in [3.05, 3.63) is 28.0 Å². The molecule has 16 heavy (non-hydrogen) atoms. The van der Waals surface area contributed by atoms with Crippen LogP contribution in [-0.2, 0) is 10.0 Å². The van der Waals surface area contributed by atoms with Crippen molar-refractivity contribution in [3.63, 3.8) is 0 Å². The summed E-state index contributed by atoms with van der Waals surface area (Å²) in [5, 5.41) is 7.10. The van der Waals surface area contributed by atoms with Crippen LogP contribution < -0.4 is 10.5 Å². The molecule has 8 heteroatoms. The molecule has 0 saturated heterocycles. The minimum atomic E-state index is -4.01. The normalized spacial score (nSPS) is 11.2. The van der Waals surface area contributed by atoms with Gasteiger partial charge in [0.2, 0.25) is 10.0 Å². The van der Waals surface area contributed by atoms with Crippen molar-refractivity contribution in [1.29, 1.82) is 0 Å². The van der Waals surface area contributed by atoms with Gasteiger partial charge in [0.1, 0.15) is 5.82 Å². The third kappa shape index (κ3) is 2.57. The van der Waals surface area contributed by atoms with Crippen molar-refractivity contribution >= 4 is 31.9 Å². The molecule has 0 aliphatic heterocycles. The summed E-state index contributed by atoms with van der Waals surface area (Å²) < 4.78 is 35.5. The second-order valence-corrected chi connectivity index (χ2v) is 5.27. The molecule has 0 aliphatic rings. The van der Waals surface area contributed by atoms with Crippen molar-refractivity contribution in [1.82, 2.24) is 5.32 Å². The Morgan fingerprint density at radius 3 is 2.50 bits per heavy atom. The van der Waals surface area contributed by atoms with E-state index in [-0.39, 0.29) is 14.9 Å². The number of hydrogen-bond donors (Lipinski definition) is 2. The van der Waals surface area contributed by atoms with Gasteiger partial charge in [0, 0.05) is 11.5 Å². The van der Waals surface area contributed by atoms with Gasteiger partial charge in [0.25, 0.3) is 5.91 Å². The molecule has 1 aromatic carbocycles. The van der Waals surface area contributed by atoms with Gasteiger partial charge in [-0.2, -0.15) is 0 Å². The van der Waals surface area contributed by atoms with Crippen LogP contribution in [-0.4, -0.2) is 21.4 Å². The average Bonchev–Trinajstić information content (AvgIpc) is 2.14. The van der Waals surface area contributed by atoms with Gasteiger partial charge in [-0.05, 0) is 28.1 Å². The first-order valence-corrected chi connectivity index (χ1v) is 6.35. The van der Waals surface area contributed by atoms with Crippen LogP contribution >= 0.6 is 15.9 Å². The van der Waals surface area contributed by atoms with E-state index in [1.54, 1.807) is 0 Å². The number of benzene rings is 1. The zero-order valence-electron chi connectivity index (χ0n) is 8.12. The van der Waals surface area contributed by atoms with Gasteiger partial charge in [-0.25, -0.2) is 17.9 Å². The molecule has 0 radical (unpaired) electrons. The van der Waals surface area contributed by atoms with Gasteiger partial charge in [0.15, 0.2) is 0 Å². The molecule has 0 atom stereocenters. The maximum Gasteiger partial charge on any atom is 0.254 e. The molecular formula is C8H8BrFN2O3S. The predicted octanol–water partition coefficient (Wildman–Crippen LogP) is 0.595. The summed E-state index contributed by atoms with van der Waals surface area (Å²) in [6, 6.07) is 1.76. The maximum atomic E-state index is 13.3. The summed E-state index contributed by atoms with van der Waals surface area (Å²) in [7, 11) is -2.70. The molecule has 5 nitrogen and oxygen atoms in total. The first-order valence-electron chi connectivity index (χ1n) is 4.01. The minimum Gasteiger partial charge on any atom is -0.355 e. The standard InChI is InChI=1S/C8H8BrFN2O3S/c1-12-8(13)4-2-7(16(11,14)15)5(9)3-6(4)10/h2-3H,1H3,(H,12,13)(H2,11,14,15). The highest BCUT2D eigenvalue weighted by Crippen LogP contribution is 2.24. The number of nitrogens with two attached hydrogens (primary N) is 1. The fraction of sp³-hybridized carbons (Fsp3) is 0.125. The molecule has 1 rings (SSSR count). The van der Waals surface area contributed by atoms with Crippen LogP contribution in [0.25, 0.3) is 0 Å². The largest absolute Gasteiger partial charge is 0.355 e. The van der Waals surface area contributed by atoms with E-state index in [1.807, 2.05) is 0 Å². The Bertz CT molecular complexity index is 544. The quantitative estimate of drug-likeness (QED) is 0.838. The number of carbonyl (C=O) groups is 1. The van der Waals surface area contributed by atoms with Gasteiger partial charge in [0.05, 0.1) is 10.5 Å². The topological polar surface area (TPSA) is 89.3 Å². The van der Waals surface area contributed by atoms with E-state index < -0.39 is 21.7 Å². The minimum absolute atomic E-state index is 0.0276. The summed E-state index contributed by atoms with van der Waals surface area (Å²) in [4.78, 5) is 10.9. The summed E-state index contributed by atoms with van der Waals surface area (Å²) in [6.07, 6.45) is 0. The van der Waals surface area contributed by atoms with E-state index in [0.29, 0.717) is 0 Å². The lowest BCUT2D eigenvalue weighted by atomic mass is 10.2. The van der Waals surface area contributed by atoms with E-state index in [1.165, 1.54) is 7.05 Å². The van der Waals surface area contributed by atoms with E-state index in [4.69, 9.17) is 5.14 Å². The van der Waals surface area contributed by atoms with Crippen LogP contribution in [0.2, 0.25) is 0 Å². The lowest BCUT2D eigenvalue weighted by molar-refractivity contribution is 0.0959. The zero-order chi connectivity index (χ0) is 12.5. The molecule has 88 valence electrons. The highest BCUT2D eigenvalue weighted by molar-refractivity contribution is 9.10. The third-order valence-electron chi connectivity index (χ3n) is 1.80. The Hall–Kier alpha value is -0.990. The fourth-order valence-electron chi connectivity index (χ4n) is 1.06. The molecule has 0 bridgehead atoms. The number of nitrogens with one attached hydrogen (secondary N) is 1. The number of hydrogen-bond acceptors (Lipinski definition) is 3. The van der Waals surface area contributed by atoms with Gasteiger partial charge in [-0.15, -0.1) is 0 Å². The van der Waals surface area contributed by atoms with Crippen LogP contribution in [0.1, 0.15) is 10.4 Å². The molecule has 0 saturated carbocycles. The number of sulfonamides is 1. The van der Waals surface area contributed by atoms with E-state index in [9.17, 15) is 17.6 Å². The second-order valence-electron chi connectivity index (χ2n) is 2.89. The smallest absolute Gasteiger partial charge is 0.254 e. The molecule has 0 spiro atoms. The third-order valence-corrected chi connectivity index (χ3v) is 3.67. The number of primary sulfonamides is 1. The van der Waals surface area contributed by atoms with Gasteiger partial charge < -0.3 is 5.32 Å². The summed E-state index contributed by atoms with van der Waals surface area (Å²) in [5.41, 5.74) is -0.380. The van der Waals surface area contributed by atoms with E-state index >= 15 is 0 Å². The highest BCUT2D eigenvalue weighted by atomic mass is 79.9. The zero-order valence-corrected chi connectivity index (χ0v) is 10.5. The van der Waals surface area contributed by atoms with Crippen LogP contribution in [0, 0.1) is 5.82 Å². The van der Waals surface area contributed by atoms with Crippen LogP contribution in [0.4, 0.5) is 4.39 Å². The summed E-state index contributed by atoms with van der Waals surface area (Å²) in [6.45, 7) is 0. The Balaban J connectivity index is 3.51. The molecule has 3 N–H and O–H groups in total. The fourth-order valence-corrected chi connectivity index (χ4v) is 2.66. The number of halogens is 2. The number of amides is 1. The molecule has 0 aromatic heterocycles. The van der Waals surface area contributed by atoms with Gasteiger partial charge in [-0.1, -0.05) is 0 Å². The van der Waals surface area contributed by atoms with Crippen LogP contribution in [0.5, 0.6) is 0 Å². The van der Waals surface area contributed by atoms with Crippen LogP contribution in [0.15, 0.2) is 21.5 Å². The molecule has 0 fully saturated rings. The lowest BCUT2D eigenvalue weighted by Gasteiger charge is -2.06. The van der Waals surface area contributed by atoms with E-state index in [0.717, 1.165) is 12.1 Å². The average molecular weight is 311 g/mol. The molecule has 0 heterocycles. The molecule has 1 aromatic rings. The van der Waals surface area contributed by atoms with Crippen molar-refractivity contribution < 1.29 is 17.6 Å². The van der Waals surface area contributed by atoms with Crippen molar-refractivity contribution in [2.75, 3.05) is 7.05 Å². The maximum absolute atomic E-state index is 13.3. The Kier molecular flexibility index (Phi) is 3.66. The SMILES string of the molecule is CNC(=O)c1cc(S(N)(=O)=O)c(Br)cc1F. The first-order chi connectivity index (χ1) is 7.27. The molecular weight excluding hydrogens is 303 g/mol. The lowest BCUT2D eigenvalue weighted by Crippen LogP contribution is -2.21. The summed E-state index contributed by atoms with van der Waals surface area (Å²) >= 11 is 2.86. The van der Waals surface area contributed by atoms with Gasteiger partial charge in [-0.3, -0.25) is 4.79 Å². The van der Waals surface area contributed by atoms with E-state index in [2.05, 4.69) is 21.2 Å². The number of carbonyl (C=O) groups excluding carboxylic acids is 1. The van der Waals surface area contributed by atoms with Gasteiger partial charge >= 0.3 is 0 Å². The monoisotopic (exact) mass is 310 g/mol. The first kappa shape index (κ1) is 13.1. The van der Waals surface area contributed by atoms with Crippen molar-refractivity contribution in [2.24, 2.45) is 5.14 Å². The van der Waals surface area contributed by atoms with Crippen molar-refractivity contribution in [2.45, 2.75) is 4.90 Å². The van der Waals surface area contributed by atoms with Crippen molar-refractivity contribution in [3.8, 4) is 0 Å². The summed E-state index contributed by atoms with van der Waals surface area (Å²) in [5.74, 6) is -1.56. The Morgan fingerprint density at radius 1 is 1.50 bits per heavy atom. The molecule has 1 amide bonds. The molecule has 0 unspecified atom stereocenters. The number of rotatable bonds is 2. The molecule has 0 aliphatic carbocycles. The predicted molar refractivity (Wildman–Crippen MR) is 58.9 cm³/mol. The highest BCUT2D eigenvalue weighted by Gasteiger charge is 2.19.